The third-order valence-corrected chi connectivity index (χ3v) is 7.06. The second-order valence-electron chi connectivity index (χ2n) is 10.4. The van der Waals surface area contributed by atoms with Gasteiger partial charge in [0, 0.05) is 32.0 Å². The monoisotopic (exact) mass is 548 g/mol. The molecule has 0 saturated carbocycles. The zero-order valence-electron chi connectivity index (χ0n) is 24.7. The van der Waals surface area contributed by atoms with Crippen molar-refractivity contribution in [3.8, 4) is 0 Å². The summed E-state index contributed by atoms with van der Waals surface area (Å²) in [5.74, 6) is 0.748. The predicted octanol–water partition coefficient (Wildman–Crippen LogP) is 6.84. The van der Waals surface area contributed by atoms with E-state index in [1.165, 1.54) is 0 Å². The molecule has 1 aromatic carbocycles. The van der Waals surface area contributed by atoms with Crippen molar-refractivity contribution >= 4 is 6.08 Å². The van der Waals surface area contributed by atoms with E-state index in [1.54, 1.807) is 0 Å². The minimum Gasteiger partial charge on any atom is -0.487 e. The van der Waals surface area contributed by atoms with Gasteiger partial charge in [0.2, 0.25) is 0 Å². The minimum absolute atomic E-state index is 0.282. The Morgan fingerprint density at radius 2 is 1.33 bits per heavy atom. The number of benzene rings is 1. The summed E-state index contributed by atoms with van der Waals surface area (Å²) in [6.45, 7) is 13.0. The van der Waals surface area contributed by atoms with Gasteiger partial charge in [-0.3, -0.25) is 0 Å². The molecule has 222 valence electrons. The van der Waals surface area contributed by atoms with E-state index in [9.17, 15) is 0 Å². The standard InChI is InChI=1S/C32H52O7/c1-5-9-17-33-24-28-30(35-19-11-7-3)31(36-20-12-8-4)29(34-18-10-6-2)27(39-28)23-25-15-13-14-16-26(25)32-37-21-22-38-32/h13-16,23,28-32H,5-12,17-22,24H2,1-4H3/b27-23+/t28-,29+,30-,31-/m1/s1. The molecule has 2 saturated heterocycles. The molecule has 0 amide bonds. The van der Waals surface area contributed by atoms with Crippen LogP contribution in [0, 0.1) is 0 Å². The maximum Gasteiger partial charge on any atom is 0.184 e. The molecule has 0 aromatic heterocycles. The Kier molecular flexibility index (Phi) is 15.4. The van der Waals surface area contributed by atoms with Crippen LogP contribution in [0.25, 0.3) is 6.08 Å². The summed E-state index contributed by atoms with van der Waals surface area (Å²) in [5, 5.41) is 0. The topological polar surface area (TPSA) is 64.6 Å². The Bertz CT molecular complexity index is 807. The van der Waals surface area contributed by atoms with Gasteiger partial charge in [0.25, 0.3) is 0 Å². The SMILES string of the molecule is CCCCOC[C@H]1O/C(=C/c2ccccc2C2OCCO2)[C@H](OCCCC)[C@@H](OCCCC)[C@@H]1OCCCC. The normalized spacial score (nSPS) is 24.9. The van der Waals surface area contributed by atoms with Crippen LogP contribution >= 0.6 is 0 Å². The average Bonchev–Trinajstić information content (AvgIpc) is 3.49. The van der Waals surface area contributed by atoms with Crippen molar-refractivity contribution in [3.63, 3.8) is 0 Å². The first-order valence-corrected chi connectivity index (χ1v) is 15.4. The van der Waals surface area contributed by atoms with Gasteiger partial charge in [-0.25, -0.2) is 0 Å². The largest absolute Gasteiger partial charge is 0.487 e. The lowest BCUT2D eigenvalue weighted by Gasteiger charge is -2.43. The van der Waals surface area contributed by atoms with Crippen LogP contribution in [-0.4, -0.2) is 70.7 Å². The van der Waals surface area contributed by atoms with Crippen molar-refractivity contribution < 1.29 is 33.2 Å². The number of ether oxygens (including phenoxy) is 7. The summed E-state index contributed by atoms with van der Waals surface area (Å²) >= 11 is 0. The van der Waals surface area contributed by atoms with Crippen LogP contribution in [0.15, 0.2) is 30.0 Å². The van der Waals surface area contributed by atoms with Crippen LogP contribution in [0.3, 0.4) is 0 Å². The molecule has 0 bridgehead atoms. The zero-order chi connectivity index (χ0) is 27.7. The summed E-state index contributed by atoms with van der Waals surface area (Å²) < 4.78 is 44.1. The molecule has 4 atom stereocenters. The Balaban J connectivity index is 1.97. The number of hydrogen-bond donors (Lipinski definition) is 0. The van der Waals surface area contributed by atoms with E-state index in [4.69, 9.17) is 33.2 Å². The highest BCUT2D eigenvalue weighted by atomic mass is 16.7. The average molecular weight is 549 g/mol. The molecule has 2 aliphatic heterocycles. The Hall–Kier alpha value is -1.48. The number of hydrogen-bond acceptors (Lipinski definition) is 7. The molecule has 0 radical (unpaired) electrons. The lowest BCUT2D eigenvalue weighted by atomic mass is 9.95. The summed E-state index contributed by atoms with van der Waals surface area (Å²) in [4.78, 5) is 0. The molecule has 0 aliphatic carbocycles. The van der Waals surface area contributed by atoms with Gasteiger partial charge in [-0.05, 0) is 37.3 Å². The first-order valence-electron chi connectivity index (χ1n) is 15.4. The van der Waals surface area contributed by atoms with E-state index < -0.39 is 0 Å². The summed E-state index contributed by atoms with van der Waals surface area (Å²) in [6, 6.07) is 8.16. The molecular weight excluding hydrogens is 496 g/mol. The van der Waals surface area contributed by atoms with Gasteiger partial charge in [-0.1, -0.05) is 77.6 Å². The maximum atomic E-state index is 6.74. The van der Waals surface area contributed by atoms with Crippen LogP contribution < -0.4 is 0 Å². The van der Waals surface area contributed by atoms with Gasteiger partial charge in [0.1, 0.15) is 24.1 Å². The third kappa shape index (κ3) is 10.1. The van der Waals surface area contributed by atoms with Crippen LogP contribution in [0.5, 0.6) is 0 Å². The fraction of sp³-hybridized carbons (Fsp3) is 0.750. The Labute approximate surface area is 236 Å². The molecule has 2 aliphatic rings. The van der Waals surface area contributed by atoms with Gasteiger partial charge < -0.3 is 33.2 Å². The van der Waals surface area contributed by atoms with Gasteiger partial charge in [0.15, 0.2) is 12.4 Å². The summed E-state index contributed by atoms with van der Waals surface area (Å²) in [7, 11) is 0. The fourth-order valence-corrected chi connectivity index (χ4v) is 4.74. The maximum absolute atomic E-state index is 6.74. The smallest absolute Gasteiger partial charge is 0.184 e. The molecule has 2 heterocycles. The minimum atomic E-state index is -0.384. The van der Waals surface area contributed by atoms with E-state index in [-0.39, 0.29) is 30.7 Å². The van der Waals surface area contributed by atoms with Crippen LogP contribution in [0.1, 0.15) is 96.5 Å². The van der Waals surface area contributed by atoms with E-state index >= 15 is 0 Å². The van der Waals surface area contributed by atoms with Crippen molar-refractivity contribution in [2.45, 2.75) is 110 Å². The first kappa shape index (κ1) is 32.0. The Morgan fingerprint density at radius 1 is 0.744 bits per heavy atom. The van der Waals surface area contributed by atoms with Crippen LogP contribution in [0.4, 0.5) is 0 Å². The highest BCUT2D eigenvalue weighted by Crippen LogP contribution is 2.35. The lowest BCUT2D eigenvalue weighted by Crippen LogP contribution is -2.56. The molecule has 0 unspecified atom stereocenters. The molecular formula is C32H52O7. The third-order valence-electron chi connectivity index (χ3n) is 7.06. The number of unbranched alkanes of at least 4 members (excludes halogenated alkanes) is 4. The van der Waals surface area contributed by atoms with E-state index in [0.717, 1.165) is 68.3 Å². The predicted molar refractivity (Wildman–Crippen MR) is 154 cm³/mol. The molecule has 7 heteroatoms. The van der Waals surface area contributed by atoms with Gasteiger partial charge in [-0.15, -0.1) is 0 Å². The second kappa shape index (κ2) is 18.8. The highest BCUT2D eigenvalue weighted by molar-refractivity contribution is 5.57. The van der Waals surface area contributed by atoms with Crippen molar-refractivity contribution in [2.75, 3.05) is 46.2 Å². The van der Waals surface area contributed by atoms with Crippen LogP contribution in [-0.2, 0) is 33.2 Å². The lowest BCUT2D eigenvalue weighted by molar-refractivity contribution is -0.214. The van der Waals surface area contributed by atoms with E-state index in [1.807, 2.05) is 12.1 Å². The van der Waals surface area contributed by atoms with Crippen molar-refractivity contribution in [1.29, 1.82) is 0 Å². The van der Waals surface area contributed by atoms with Crippen molar-refractivity contribution in [2.24, 2.45) is 0 Å². The van der Waals surface area contributed by atoms with Crippen molar-refractivity contribution in [1.82, 2.24) is 0 Å². The Morgan fingerprint density at radius 3 is 2.00 bits per heavy atom. The molecule has 0 N–H and O–H groups in total. The van der Waals surface area contributed by atoms with E-state index in [0.29, 0.717) is 46.2 Å². The quantitative estimate of drug-likeness (QED) is 0.175. The summed E-state index contributed by atoms with van der Waals surface area (Å²) in [6.07, 6.45) is 8.67. The molecule has 0 spiro atoms. The summed E-state index contributed by atoms with van der Waals surface area (Å²) in [5.41, 5.74) is 1.98. The van der Waals surface area contributed by atoms with Crippen molar-refractivity contribution in [3.05, 3.63) is 41.2 Å². The molecule has 2 fully saturated rings. The fourth-order valence-electron chi connectivity index (χ4n) is 4.74. The molecule has 3 rings (SSSR count). The van der Waals surface area contributed by atoms with Crippen LogP contribution in [0.2, 0.25) is 0 Å². The molecule has 7 nitrogen and oxygen atoms in total. The number of rotatable bonds is 19. The van der Waals surface area contributed by atoms with Gasteiger partial charge in [-0.2, -0.15) is 0 Å². The molecule has 1 aromatic rings. The van der Waals surface area contributed by atoms with Gasteiger partial charge >= 0.3 is 0 Å². The second-order valence-corrected chi connectivity index (χ2v) is 10.4. The first-order chi connectivity index (χ1) is 19.2. The van der Waals surface area contributed by atoms with Gasteiger partial charge in [0.05, 0.1) is 19.8 Å². The molecule has 39 heavy (non-hydrogen) atoms. The zero-order valence-corrected chi connectivity index (χ0v) is 24.7. The highest BCUT2D eigenvalue weighted by Gasteiger charge is 2.46. The van der Waals surface area contributed by atoms with E-state index in [2.05, 4.69) is 45.9 Å².